The van der Waals surface area contributed by atoms with Crippen LogP contribution >= 0.6 is 0 Å². The summed E-state index contributed by atoms with van der Waals surface area (Å²) in [6.07, 6.45) is 1.72. The molecule has 0 saturated carbocycles. The molecular formula is C18H15FN4O3. The number of anilines is 2. The molecule has 2 aliphatic heterocycles. The van der Waals surface area contributed by atoms with Crippen molar-refractivity contribution in [2.24, 2.45) is 0 Å². The van der Waals surface area contributed by atoms with Crippen LogP contribution in [0.2, 0.25) is 0 Å². The number of fused-ring (bicyclic) bond motifs is 3. The number of pyridine rings is 1. The molecule has 3 amide bonds. The van der Waals surface area contributed by atoms with Gasteiger partial charge in [0.1, 0.15) is 5.82 Å². The highest BCUT2D eigenvalue weighted by molar-refractivity contribution is 6.17. The van der Waals surface area contributed by atoms with Gasteiger partial charge in [-0.3, -0.25) is 19.3 Å². The molecule has 8 heteroatoms. The molecule has 1 aromatic heterocycles. The third-order valence-corrected chi connectivity index (χ3v) is 4.84. The second-order valence-electron chi connectivity index (χ2n) is 6.25. The summed E-state index contributed by atoms with van der Waals surface area (Å²) in [5.41, 5.74) is -0.815. The molecule has 1 unspecified atom stereocenters. The van der Waals surface area contributed by atoms with E-state index >= 15 is 0 Å². The van der Waals surface area contributed by atoms with Gasteiger partial charge in [-0.15, -0.1) is 0 Å². The molecule has 4 rings (SSSR count). The topological polar surface area (TPSA) is 82.6 Å². The number of rotatable bonds is 2. The van der Waals surface area contributed by atoms with E-state index in [2.05, 4.69) is 10.3 Å². The zero-order valence-electron chi connectivity index (χ0n) is 13.9. The average Bonchev–Trinajstić information content (AvgIpc) is 2.98. The number of likely N-dealkylation sites (N-methyl/N-ethyl adjacent to an activating group) is 1. The van der Waals surface area contributed by atoms with Crippen LogP contribution in [0.3, 0.4) is 0 Å². The lowest BCUT2D eigenvalue weighted by Crippen LogP contribution is -2.68. The van der Waals surface area contributed by atoms with Crippen LogP contribution in [0.1, 0.15) is 23.3 Å². The van der Waals surface area contributed by atoms with Crippen molar-refractivity contribution in [3.8, 4) is 0 Å². The van der Waals surface area contributed by atoms with E-state index in [1.165, 1.54) is 41.2 Å². The largest absolute Gasteiger partial charge is 0.322 e. The number of halogens is 1. The molecule has 7 nitrogen and oxygen atoms in total. The van der Waals surface area contributed by atoms with Gasteiger partial charge in [-0.1, -0.05) is 6.07 Å². The molecule has 2 aliphatic rings. The third kappa shape index (κ3) is 2.11. The molecule has 1 aromatic carbocycles. The number of nitrogens with one attached hydrogen (secondary N) is 1. The van der Waals surface area contributed by atoms with E-state index in [9.17, 15) is 18.8 Å². The fourth-order valence-corrected chi connectivity index (χ4v) is 3.60. The fourth-order valence-electron chi connectivity index (χ4n) is 3.60. The highest BCUT2D eigenvalue weighted by Gasteiger charge is 2.60. The van der Waals surface area contributed by atoms with E-state index in [0.717, 1.165) is 0 Å². The number of carbonyl (C=O) groups excluding carboxylic acids is 3. The first-order valence-electron chi connectivity index (χ1n) is 8.08. The van der Waals surface area contributed by atoms with Gasteiger partial charge in [0, 0.05) is 31.8 Å². The molecule has 0 spiro atoms. The molecule has 1 fully saturated rings. The van der Waals surface area contributed by atoms with Gasteiger partial charge in [-0.05, 0) is 30.3 Å². The monoisotopic (exact) mass is 354 g/mol. The standard InChI is InChI=1S/C18H15FN4O3/c1-22-16(25)15-13(6-3-9-20-15)23-14(24)7-8-18(22,23)17(26)21-12-5-2-4-11(19)10-12/h2-6,9-10H,7-8H2,1H3,(H,21,26). The Morgan fingerprint density at radius 1 is 1.27 bits per heavy atom. The fraction of sp³-hybridized carbons (Fsp3) is 0.222. The van der Waals surface area contributed by atoms with Gasteiger partial charge in [0.05, 0.1) is 5.69 Å². The van der Waals surface area contributed by atoms with Crippen LogP contribution in [-0.4, -0.2) is 40.3 Å². The van der Waals surface area contributed by atoms with E-state index in [1.807, 2.05) is 0 Å². The van der Waals surface area contributed by atoms with Crippen LogP contribution in [-0.2, 0) is 9.59 Å². The first kappa shape index (κ1) is 16.2. The Bertz CT molecular complexity index is 948. The lowest BCUT2D eigenvalue weighted by atomic mass is 9.98. The molecule has 0 bridgehead atoms. The molecule has 1 saturated heterocycles. The molecule has 0 aliphatic carbocycles. The molecule has 3 heterocycles. The molecule has 26 heavy (non-hydrogen) atoms. The maximum absolute atomic E-state index is 13.4. The number of hydrogen-bond acceptors (Lipinski definition) is 4. The third-order valence-electron chi connectivity index (χ3n) is 4.84. The highest BCUT2D eigenvalue weighted by atomic mass is 19.1. The predicted molar refractivity (Wildman–Crippen MR) is 90.8 cm³/mol. The van der Waals surface area contributed by atoms with Gasteiger partial charge >= 0.3 is 0 Å². The smallest absolute Gasteiger partial charge is 0.276 e. The van der Waals surface area contributed by atoms with Crippen LogP contribution in [0, 0.1) is 5.82 Å². The number of nitrogens with zero attached hydrogens (tertiary/aromatic N) is 3. The zero-order chi connectivity index (χ0) is 18.5. The first-order valence-corrected chi connectivity index (χ1v) is 8.08. The summed E-state index contributed by atoms with van der Waals surface area (Å²) in [5.74, 6) is -1.78. The Hall–Kier alpha value is -3.29. The van der Waals surface area contributed by atoms with Crippen LogP contribution in [0.15, 0.2) is 42.6 Å². The van der Waals surface area contributed by atoms with Crippen LogP contribution < -0.4 is 10.2 Å². The lowest BCUT2D eigenvalue weighted by molar-refractivity contribution is -0.128. The van der Waals surface area contributed by atoms with Gasteiger partial charge in [0.2, 0.25) is 11.6 Å². The van der Waals surface area contributed by atoms with Crippen LogP contribution in [0.25, 0.3) is 0 Å². The summed E-state index contributed by atoms with van der Waals surface area (Å²) in [7, 11) is 1.47. The van der Waals surface area contributed by atoms with E-state index in [0.29, 0.717) is 5.69 Å². The minimum absolute atomic E-state index is 0.114. The van der Waals surface area contributed by atoms with Gasteiger partial charge in [-0.25, -0.2) is 9.37 Å². The Kier molecular flexibility index (Phi) is 3.50. The van der Waals surface area contributed by atoms with Crippen molar-refractivity contribution >= 4 is 29.1 Å². The normalized spacial score (nSPS) is 21.5. The zero-order valence-corrected chi connectivity index (χ0v) is 13.9. The second-order valence-corrected chi connectivity index (χ2v) is 6.25. The van der Waals surface area contributed by atoms with E-state index < -0.39 is 23.3 Å². The van der Waals surface area contributed by atoms with Crippen molar-refractivity contribution in [1.29, 1.82) is 0 Å². The van der Waals surface area contributed by atoms with Gasteiger partial charge in [0.15, 0.2) is 5.69 Å². The van der Waals surface area contributed by atoms with Crippen molar-refractivity contribution < 1.29 is 18.8 Å². The molecule has 0 radical (unpaired) electrons. The first-order chi connectivity index (χ1) is 12.4. The lowest BCUT2D eigenvalue weighted by Gasteiger charge is -2.46. The number of hydrogen-bond donors (Lipinski definition) is 1. The highest BCUT2D eigenvalue weighted by Crippen LogP contribution is 2.43. The van der Waals surface area contributed by atoms with E-state index in [1.54, 1.807) is 18.2 Å². The van der Waals surface area contributed by atoms with Gasteiger partial charge in [-0.2, -0.15) is 0 Å². The van der Waals surface area contributed by atoms with E-state index in [-0.39, 0.29) is 30.1 Å². The van der Waals surface area contributed by atoms with Gasteiger partial charge in [0.25, 0.3) is 11.8 Å². The molecule has 1 N–H and O–H groups in total. The van der Waals surface area contributed by atoms with Crippen molar-refractivity contribution in [1.82, 2.24) is 9.88 Å². The Balaban J connectivity index is 1.81. The summed E-state index contributed by atoms with van der Waals surface area (Å²) in [6.45, 7) is 0. The van der Waals surface area contributed by atoms with Crippen LogP contribution in [0.5, 0.6) is 0 Å². The van der Waals surface area contributed by atoms with Crippen LogP contribution in [0.4, 0.5) is 15.8 Å². The number of aromatic nitrogens is 1. The molecule has 132 valence electrons. The SMILES string of the molecule is CN1C(=O)c2ncccc2N2C(=O)CCC12C(=O)Nc1cccc(F)c1. The Morgan fingerprint density at radius 2 is 2.08 bits per heavy atom. The number of amides is 3. The summed E-state index contributed by atoms with van der Waals surface area (Å²) in [6, 6.07) is 8.65. The number of carbonyl (C=O) groups is 3. The van der Waals surface area contributed by atoms with E-state index in [4.69, 9.17) is 0 Å². The Labute approximate surface area is 148 Å². The number of benzene rings is 1. The second kappa shape index (κ2) is 5.62. The van der Waals surface area contributed by atoms with Crippen molar-refractivity contribution in [3.63, 3.8) is 0 Å². The minimum Gasteiger partial charge on any atom is -0.322 e. The molecular weight excluding hydrogens is 339 g/mol. The summed E-state index contributed by atoms with van der Waals surface area (Å²) >= 11 is 0. The summed E-state index contributed by atoms with van der Waals surface area (Å²) in [5, 5.41) is 2.63. The minimum atomic E-state index is -1.50. The predicted octanol–water partition coefficient (Wildman–Crippen LogP) is 1.77. The summed E-state index contributed by atoms with van der Waals surface area (Å²) in [4.78, 5) is 45.1. The summed E-state index contributed by atoms with van der Waals surface area (Å²) < 4.78 is 13.4. The van der Waals surface area contributed by atoms with Crippen molar-refractivity contribution in [2.45, 2.75) is 18.5 Å². The molecule has 2 aromatic rings. The quantitative estimate of drug-likeness (QED) is 0.891. The maximum Gasteiger partial charge on any atom is 0.276 e. The van der Waals surface area contributed by atoms with Crippen molar-refractivity contribution in [3.05, 3.63) is 54.1 Å². The Morgan fingerprint density at radius 3 is 2.85 bits per heavy atom. The average molecular weight is 354 g/mol. The maximum atomic E-state index is 13.4. The molecule has 1 atom stereocenters. The van der Waals surface area contributed by atoms with Gasteiger partial charge < -0.3 is 10.2 Å². The van der Waals surface area contributed by atoms with Crippen molar-refractivity contribution in [2.75, 3.05) is 17.3 Å².